The van der Waals surface area contributed by atoms with Crippen LogP contribution in [0, 0.1) is 0 Å². The standard InChI is InChI=1S/C19H21ClN2O3/c1-12(2)21-19(24)14-5-4-6-16(11-14)22-18(23)13(3)25-17-9-7-15(20)8-10-17/h4-13H,1-3H3,(H,21,24)(H,22,23). The summed E-state index contributed by atoms with van der Waals surface area (Å²) >= 11 is 5.82. The third-order valence-electron chi connectivity index (χ3n) is 3.31. The molecule has 2 amide bonds. The molecule has 2 aromatic carbocycles. The van der Waals surface area contributed by atoms with Crippen molar-refractivity contribution in [3.63, 3.8) is 0 Å². The van der Waals surface area contributed by atoms with Gasteiger partial charge in [-0.25, -0.2) is 0 Å². The number of nitrogens with one attached hydrogen (secondary N) is 2. The average Bonchev–Trinajstić information content (AvgIpc) is 2.56. The van der Waals surface area contributed by atoms with E-state index in [1.165, 1.54) is 0 Å². The lowest BCUT2D eigenvalue weighted by molar-refractivity contribution is -0.122. The zero-order valence-electron chi connectivity index (χ0n) is 14.4. The summed E-state index contributed by atoms with van der Waals surface area (Å²) in [6.45, 7) is 5.43. The fraction of sp³-hybridized carbons (Fsp3) is 0.263. The van der Waals surface area contributed by atoms with Crippen molar-refractivity contribution in [2.24, 2.45) is 0 Å². The molecule has 0 saturated carbocycles. The highest BCUT2D eigenvalue weighted by Gasteiger charge is 2.16. The van der Waals surface area contributed by atoms with Gasteiger partial charge in [0.2, 0.25) is 0 Å². The fourth-order valence-corrected chi connectivity index (χ4v) is 2.22. The maximum atomic E-state index is 12.3. The SMILES string of the molecule is CC(C)NC(=O)c1cccc(NC(=O)C(C)Oc2ccc(Cl)cc2)c1. The molecule has 25 heavy (non-hydrogen) atoms. The Morgan fingerprint density at radius 3 is 2.36 bits per heavy atom. The van der Waals surface area contributed by atoms with Crippen molar-refractivity contribution in [1.82, 2.24) is 5.32 Å². The van der Waals surface area contributed by atoms with E-state index in [-0.39, 0.29) is 17.9 Å². The molecule has 0 aliphatic heterocycles. The molecule has 1 atom stereocenters. The molecule has 0 spiro atoms. The molecule has 0 aromatic heterocycles. The summed E-state index contributed by atoms with van der Waals surface area (Å²) in [5, 5.41) is 6.16. The lowest BCUT2D eigenvalue weighted by Crippen LogP contribution is -2.31. The molecule has 0 heterocycles. The Hall–Kier alpha value is -2.53. The number of carbonyl (C=O) groups excluding carboxylic acids is 2. The Balaban J connectivity index is 1.99. The maximum absolute atomic E-state index is 12.3. The van der Waals surface area contributed by atoms with E-state index in [1.807, 2.05) is 13.8 Å². The van der Waals surface area contributed by atoms with E-state index in [0.29, 0.717) is 22.0 Å². The summed E-state index contributed by atoms with van der Waals surface area (Å²) in [4.78, 5) is 24.3. The largest absolute Gasteiger partial charge is 0.481 e. The van der Waals surface area contributed by atoms with E-state index < -0.39 is 6.10 Å². The smallest absolute Gasteiger partial charge is 0.265 e. The van der Waals surface area contributed by atoms with Crippen LogP contribution >= 0.6 is 11.6 Å². The first-order valence-electron chi connectivity index (χ1n) is 7.99. The third kappa shape index (κ3) is 5.80. The third-order valence-corrected chi connectivity index (χ3v) is 3.56. The second-order valence-electron chi connectivity index (χ2n) is 5.91. The normalized spacial score (nSPS) is 11.7. The molecule has 0 saturated heterocycles. The zero-order chi connectivity index (χ0) is 18.4. The van der Waals surface area contributed by atoms with Gasteiger partial charge in [-0.2, -0.15) is 0 Å². The van der Waals surface area contributed by atoms with Gasteiger partial charge in [-0.05, 0) is 63.2 Å². The van der Waals surface area contributed by atoms with Crippen molar-refractivity contribution in [2.75, 3.05) is 5.32 Å². The van der Waals surface area contributed by atoms with Crippen molar-refractivity contribution in [1.29, 1.82) is 0 Å². The molecule has 6 heteroatoms. The van der Waals surface area contributed by atoms with Crippen molar-refractivity contribution < 1.29 is 14.3 Å². The Labute approximate surface area is 152 Å². The topological polar surface area (TPSA) is 67.4 Å². The number of hydrogen-bond acceptors (Lipinski definition) is 3. The summed E-state index contributed by atoms with van der Waals surface area (Å²) < 4.78 is 5.58. The molecule has 2 aromatic rings. The van der Waals surface area contributed by atoms with Gasteiger partial charge in [0.15, 0.2) is 6.10 Å². The number of anilines is 1. The summed E-state index contributed by atoms with van der Waals surface area (Å²) in [7, 11) is 0. The molecule has 0 aliphatic rings. The minimum absolute atomic E-state index is 0.0403. The Morgan fingerprint density at radius 1 is 1.04 bits per heavy atom. The highest BCUT2D eigenvalue weighted by Crippen LogP contribution is 2.18. The molecule has 5 nitrogen and oxygen atoms in total. The zero-order valence-corrected chi connectivity index (χ0v) is 15.1. The van der Waals surface area contributed by atoms with Gasteiger partial charge in [-0.3, -0.25) is 9.59 Å². The van der Waals surface area contributed by atoms with Crippen LogP contribution in [0.25, 0.3) is 0 Å². The Morgan fingerprint density at radius 2 is 1.72 bits per heavy atom. The van der Waals surface area contributed by atoms with Crippen LogP contribution in [0.15, 0.2) is 48.5 Å². The monoisotopic (exact) mass is 360 g/mol. The Kier molecular flexibility index (Phi) is 6.42. The number of carbonyl (C=O) groups is 2. The predicted molar refractivity (Wildman–Crippen MR) is 99.2 cm³/mol. The molecule has 2 N–H and O–H groups in total. The first kappa shape index (κ1) is 18.8. The Bertz CT molecular complexity index is 745. The van der Waals surface area contributed by atoms with Gasteiger partial charge in [0, 0.05) is 22.3 Å². The van der Waals surface area contributed by atoms with Crippen molar-refractivity contribution in [3.05, 3.63) is 59.1 Å². The second-order valence-corrected chi connectivity index (χ2v) is 6.35. The van der Waals surface area contributed by atoms with Gasteiger partial charge in [-0.15, -0.1) is 0 Å². The molecule has 1 unspecified atom stereocenters. The van der Waals surface area contributed by atoms with E-state index in [9.17, 15) is 9.59 Å². The number of benzene rings is 2. The second kappa shape index (κ2) is 8.53. The maximum Gasteiger partial charge on any atom is 0.265 e. The van der Waals surface area contributed by atoms with Gasteiger partial charge < -0.3 is 15.4 Å². The van der Waals surface area contributed by atoms with Crippen LogP contribution in [0.3, 0.4) is 0 Å². The van der Waals surface area contributed by atoms with Gasteiger partial charge in [0.25, 0.3) is 11.8 Å². The lowest BCUT2D eigenvalue weighted by atomic mass is 10.1. The highest BCUT2D eigenvalue weighted by atomic mass is 35.5. The summed E-state index contributed by atoms with van der Waals surface area (Å²) in [6.07, 6.45) is -0.700. The summed E-state index contributed by atoms with van der Waals surface area (Å²) in [6, 6.07) is 13.6. The van der Waals surface area contributed by atoms with E-state index in [0.717, 1.165) is 0 Å². The molecule has 0 fully saturated rings. The number of rotatable bonds is 6. The van der Waals surface area contributed by atoms with Crippen LogP contribution in [-0.4, -0.2) is 24.0 Å². The number of ether oxygens (including phenoxy) is 1. The van der Waals surface area contributed by atoms with Crippen molar-refractivity contribution >= 4 is 29.1 Å². The number of amides is 2. The minimum Gasteiger partial charge on any atom is -0.481 e. The van der Waals surface area contributed by atoms with Crippen molar-refractivity contribution in [3.8, 4) is 5.75 Å². The van der Waals surface area contributed by atoms with E-state index in [1.54, 1.807) is 55.5 Å². The molecule has 0 bridgehead atoms. The van der Waals surface area contributed by atoms with Crippen LogP contribution in [0.2, 0.25) is 5.02 Å². The predicted octanol–water partition coefficient (Wildman–Crippen LogP) is 3.88. The molecular formula is C19H21ClN2O3. The number of halogens is 1. The average molecular weight is 361 g/mol. The van der Waals surface area contributed by atoms with Crippen LogP contribution in [0.1, 0.15) is 31.1 Å². The molecular weight excluding hydrogens is 340 g/mol. The van der Waals surface area contributed by atoms with Crippen molar-refractivity contribution in [2.45, 2.75) is 32.9 Å². The van der Waals surface area contributed by atoms with Crippen LogP contribution in [0.5, 0.6) is 5.75 Å². The summed E-state index contributed by atoms with van der Waals surface area (Å²) in [5.41, 5.74) is 1.02. The molecule has 0 radical (unpaired) electrons. The van der Waals surface area contributed by atoms with Gasteiger partial charge in [-0.1, -0.05) is 17.7 Å². The van der Waals surface area contributed by atoms with Gasteiger partial charge in [0.1, 0.15) is 5.75 Å². The first-order valence-corrected chi connectivity index (χ1v) is 8.37. The quantitative estimate of drug-likeness (QED) is 0.821. The molecule has 132 valence electrons. The highest BCUT2D eigenvalue weighted by molar-refractivity contribution is 6.30. The van der Waals surface area contributed by atoms with Crippen LogP contribution in [0.4, 0.5) is 5.69 Å². The van der Waals surface area contributed by atoms with Crippen LogP contribution in [-0.2, 0) is 4.79 Å². The van der Waals surface area contributed by atoms with Gasteiger partial charge >= 0.3 is 0 Å². The molecule has 0 aliphatic carbocycles. The first-order chi connectivity index (χ1) is 11.8. The van der Waals surface area contributed by atoms with Gasteiger partial charge in [0.05, 0.1) is 0 Å². The van der Waals surface area contributed by atoms with E-state index >= 15 is 0 Å². The number of hydrogen-bond donors (Lipinski definition) is 2. The summed E-state index contributed by atoms with van der Waals surface area (Å²) in [5.74, 6) is 0.0602. The lowest BCUT2D eigenvalue weighted by Gasteiger charge is -2.15. The van der Waals surface area contributed by atoms with Crippen LogP contribution < -0.4 is 15.4 Å². The van der Waals surface area contributed by atoms with E-state index in [4.69, 9.17) is 16.3 Å². The minimum atomic E-state index is -0.700. The fourth-order valence-electron chi connectivity index (χ4n) is 2.10. The van der Waals surface area contributed by atoms with E-state index in [2.05, 4.69) is 10.6 Å². The molecule has 2 rings (SSSR count).